The van der Waals surface area contributed by atoms with Gasteiger partial charge in [-0.1, -0.05) is 36.4 Å². The number of anilines is 2. The van der Waals surface area contributed by atoms with Crippen LogP contribution in [0.5, 0.6) is 0 Å². The Morgan fingerprint density at radius 2 is 1.72 bits per heavy atom. The molecule has 0 radical (unpaired) electrons. The van der Waals surface area contributed by atoms with Gasteiger partial charge in [-0.05, 0) is 43.5 Å². The quantitative estimate of drug-likeness (QED) is 0.498. The lowest BCUT2D eigenvalue weighted by molar-refractivity contribution is 0.102. The first kappa shape index (κ1) is 18.7. The summed E-state index contributed by atoms with van der Waals surface area (Å²) in [5.74, 6) is -0.357. The van der Waals surface area contributed by atoms with Crippen molar-refractivity contribution in [2.24, 2.45) is 0 Å². The van der Waals surface area contributed by atoms with Crippen LogP contribution in [0.25, 0.3) is 21.7 Å². The molecule has 4 rings (SSSR count). The molecular formula is C24H23N3O2. The van der Waals surface area contributed by atoms with Crippen LogP contribution in [0.2, 0.25) is 0 Å². The van der Waals surface area contributed by atoms with Gasteiger partial charge in [-0.15, -0.1) is 0 Å². The average Bonchev–Trinajstić information content (AvgIpc) is 2.74. The number of carbonyl (C=O) groups excluding carboxylic acids is 1. The molecule has 1 amide bonds. The van der Waals surface area contributed by atoms with Crippen molar-refractivity contribution in [2.45, 2.75) is 13.8 Å². The minimum absolute atomic E-state index is 0.146. The number of hydrogen-bond donors (Lipinski definition) is 2. The lowest BCUT2D eigenvalue weighted by atomic mass is 10.1. The van der Waals surface area contributed by atoms with Crippen LogP contribution in [0.1, 0.15) is 24.2 Å². The molecule has 0 saturated heterocycles. The molecule has 0 unspecified atom stereocenters. The molecule has 1 aromatic heterocycles. The van der Waals surface area contributed by atoms with Gasteiger partial charge in [-0.3, -0.25) is 10.2 Å². The third-order valence-corrected chi connectivity index (χ3v) is 5.16. The summed E-state index contributed by atoms with van der Waals surface area (Å²) >= 11 is 0. The molecule has 0 aliphatic carbocycles. The van der Waals surface area contributed by atoms with E-state index in [2.05, 4.69) is 24.1 Å². The Hall–Kier alpha value is -3.60. The summed E-state index contributed by atoms with van der Waals surface area (Å²) < 4.78 is 5.70. The first-order valence-electron chi connectivity index (χ1n) is 9.77. The van der Waals surface area contributed by atoms with E-state index in [0.717, 1.165) is 34.9 Å². The van der Waals surface area contributed by atoms with Gasteiger partial charge in [0.05, 0.1) is 0 Å². The van der Waals surface area contributed by atoms with Gasteiger partial charge in [-0.25, -0.2) is 0 Å². The number of fused-ring (bicyclic) bond motifs is 2. The zero-order valence-corrected chi connectivity index (χ0v) is 16.5. The minimum Gasteiger partial charge on any atom is -0.438 e. The van der Waals surface area contributed by atoms with Crippen LogP contribution < -0.4 is 15.8 Å². The van der Waals surface area contributed by atoms with Crippen molar-refractivity contribution in [1.29, 1.82) is 5.41 Å². The highest BCUT2D eigenvalue weighted by molar-refractivity contribution is 6.09. The van der Waals surface area contributed by atoms with Crippen LogP contribution in [-0.4, -0.2) is 19.0 Å². The van der Waals surface area contributed by atoms with E-state index >= 15 is 0 Å². The van der Waals surface area contributed by atoms with Crippen molar-refractivity contribution >= 4 is 39.0 Å². The molecule has 0 aliphatic rings. The maximum Gasteiger partial charge on any atom is 0.261 e. The number of rotatable bonds is 5. The molecule has 29 heavy (non-hydrogen) atoms. The molecule has 1 heterocycles. The SMILES string of the molecule is CCN(CC)c1ccc2cc(C(=O)Nc3cccc4ccccc34)c(=N)oc2c1. The molecule has 0 atom stereocenters. The van der Waals surface area contributed by atoms with Crippen LogP contribution in [0.15, 0.2) is 71.1 Å². The van der Waals surface area contributed by atoms with E-state index in [1.54, 1.807) is 6.07 Å². The van der Waals surface area contributed by atoms with E-state index in [-0.39, 0.29) is 17.0 Å². The fourth-order valence-electron chi connectivity index (χ4n) is 3.59. The van der Waals surface area contributed by atoms with Crippen molar-refractivity contribution < 1.29 is 9.21 Å². The number of amides is 1. The summed E-state index contributed by atoms with van der Waals surface area (Å²) in [6, 6.07) is 21.2. The van der Waals surface area contributed by atoms with E-state index in [0.29, 0.717) is 11.3 Å². The summed E-state index contributed by atoms with van der Waals surface area (Å²) in [5, 5.41) is 14.0. The normalized spacial score (nSPS) is 11.0. The standard InChI is InChI=1S/C24H23N3O2/c1-3-27(4-2)18-13-12-17-14-20(23(25)29-22(17)15-18)24(28)26-21-11-7-9-16-8-5-6-10-19(16)21/h5-15,25H,3-4H2,1-2H3,(H,26,28). The van der Waals surface area contributed by atoms with Crippen molar-refractivity contribution in [2.75, 3.05) is 23.3 Å². The van der Waals surface area contributed by atoms with Gasteiger partial charge in [0, 0.05) is 41.3 Å². The average molecular weight is 385 g/mol. The Balaban J connectivity index is 1.70. The van der Waals surface area contributed by atoms with Crippen LogP contribution in [0.3, 0.4) is 0 Å². The van der Waals surface area contributed by atoms with Gasteiger partial charge in [0.25, 0.3) is 5.91 Å². The van der Waals surface area contributed by atoms with Gasteiger partial charge in [-0.2, -0.15) is 0 Å². The van der Waals surface area contributed by atoms with Gasteiger partial charge in [0.1, 0.15) is 11.1 Å². The fourth-order valence-corrected chi connectivity index (χ4v) is 3.59. The zero-order valence-electron chi connectivity index (χ0n) is 16.5. The topological polar surface area (TPSA) is 69.3 Å². The van der Waals surface area contributed by atoms with E-state index in [1.165, 1.54) is 0 Å². The lowest BCUT2D eigenvalue weighted by Gasteiger charge is -2.21. The largest absolute Gasteiger partial charge is 0.438 e. The summed E-state index contributed by atoms with van der Waals surface area (Å²) in [6.45, 7) is 5.98. The third-order valence-electron chi connectivity index (χ3n) is 5.16. The molecule has 2 N–H and O–H groups in total. The molecular weight excluding hydrogens is 362 g/mol. The van der Waals surface area contributed by atoms with E-state index in [9.17, 15) is 4.79 Å². The molecule has 146 valence electrons. The molecule has 0 fully saturated rings. The Bertz CT molecular complexity index is 1250. The van der Waals surface area contributed by atoms with E-state index in [4.69, 9.17) is 9.83 Å². The van der Waals surface area contributed by atoms with Crippen LogP contribution in [0.4, 0.5) is 11.4 Å². The van der Waals surface area contributed by atoms with Crippen LogP contribution in [0, 0.1) is 5.41 Å². The number of hydrogen-bond acceptors (Lipinski definition) is 4. The molecule has 3 aromatic carbocycles. The predicted octanol–water partition coefficient (Wildman–Crippen LogP) is 5.16. The van der Waals surface area contributed by atoms with Crippen LogP contribution >= 0.6 is 0 Å². The molecule has 0 spiro atoms. The molecule has 0 aliphatic heterocycles. The first-order chi connectivity index (χ1) is 14.1. The van der Waals surface area contributed by atoms with Gasteiger partial charge >= 0.3 is 0 Å². The zero-order chi connectivity index (χ0) is 20.4. The highest BCUT2D eigenvalue weighted by Gasteiger charge is 2.14. The molecule has 4 aromatic rings. The second kappa shape index (κ2) is 7.80. The molecule has 0 saturated carbocycles. The molecule has 5 nitrogen and oxygen atoms in total. The first-order valence-corrected chi connectivity index (χ1v) is 9.77. The van der Waals surface area contributed by atoms with Crippen molar-refractivity contribution in [3.63, 3.8) is 0 Å². The van der Waals surface area contributed by atoms with Gasteiger partial charge in [0.15, 0.2) is 0 Å². The van der Waals surface area contributed by atoms with Crippen molar-refractivity contribution in [1.82, 2.24) is 0 Å². The second-order valence-corrected chi connectivity index (χ2v) is 6.86. The molecule has 0 bridgehead atoms. The molecule has 5 heteroatoms. The fraction of sp³-hybridized carbons (Fsp3) is 0.167. The Kier molecular flexibility index (Phi) is 5.04. The summed E-state index contributed by atoms with van der Waals surface area (Å²) in [6.07, 6.45) is 0. The van der Waals surface area contributed by atoms with Crippen molar-refractivity contribution in [3.8, 4) is 0 Å². The summed E-state index contributed by atoms with van der Waals surface area (Å²) in [7, 11) is 0. The third kappa shape index (κ3) is 3.59. The number of carbonyl (C=O) groups is 1. The van der Waals surface area contributed by atoms with E-state index < -0.39 is 0 Å². The van der Waals surface area contributed by atoms with Gasteiger partial charge < -0.3 is 14.6 Å². The van der Waals surface area contributed by atoms with Gasteiger partial charge in [0.2, 0.25) is 5.55 Å². The van der Waals surface area contributed by atoms with Crippen molar-refractivity contribution in [3.05, 3.63) is 77.8 Å². The second-order valence-electron chi connectivity index (χ2n) is 6.86. The Labute approximate surface area is 169 Å². The number of nitrogens with zero attached hydrogens (tertiary/aromatic N) is 1. The number of nitrogens with one attached hydrogen (secondary N) is 2. The highest BCUT2D eigenvalue weighted by atomic mass is 16.3. The van der Waals surface area contributed by atoms with Crippen LogP contribution in [-0.2, 0) is 0 Å². The maximum atomic E-state index is 12.9. The Morgan fingerprint density at radius 1 is 0.966 bits per heavy atom. The highest BCUT2D eigenvalue weighted by Crippen LogP contribution is 2.25. The summed E-state index contributed by atoms with van der Waals surface area (Å²) in [4.78, 5) is 15.1. The maximum absolute atomic E-state index is 12.9. The Morgan fingerprint density at radius 3 is 2.52 bits per heavy atom. The predicted molar refractivity (Wildman–Crippen MR) is 118 cm³/mol. The van der Waals surface area contributed by atoms with E-state index in [1.807, 2.05) is 60.7 Å². The smallest absolute Gasteiger partial charge is 0.261 e. The summed E-state index contributed by atoms with van der Waals surface area (Å²) in [5.41, 5.74) is 2.41. The monoisotopic (exact) mass is 385 g/mol. The lowest BCUT2D eigenvalue weighted by Crippen LogP contribution is -2.22. The number of benzene rings is 3. The minimum atomic E-state index is -0.357.